The summed E-state index contributed by atoms with van der Waals surface area (Å²) in [5.41, 5.74) is 5.94. The number of amides is 1. The molecule has 0 aromatic heterocycles. The van der Waals surface area contributed by atoms with Crippen molar-refractivity contribution < 1.29 is 4.79 Å². The zero-order valence-electron chi connectivity index (χ0n) is 13.9. The molecular formula is C17H33N3O. The van der Waals surface area contributed by atoms with Gasteiger partial charge in [0.25, 0.3) is 0 Å². The van der Waals surface area contributed by atoms with Crippen LogP contribution in [0.1, 0.15) is 58.3 Å². The van der Waals surface area contributed by atoms with Gasteiger partial charge < -0.3 is 10.6 Å². The summed E-state index contributed by atoms with van der Waals surface area (Å²) in [5, 5.41) is 0. The molecule has 1 heterocycles. The number of carbonyl (C=O) groups is 1. The molecule has 1 saturated carbocycles. The molecule has 4 nitrogen and oxygen atoms in total. The van der Waals surface area contributed by atoms with Crippen molar-refractivity contribution in [3.05, 3.63) is 0 Å². The van der Waals surface area contributed by atoms with Gasteiger partial charge in [0, 0.05) is 25.7 Å². The molecule has 0 bridgehead atoms. The SMILES string of the molecule is CCC1CCN(CC(=O)N(C)C2CCCCC2)C(CN)C1. The summed E-state index contributed by atoms with van der Waals surface area (Å²) < 4.78 is 0. The molecule has 2 unspecified atom stereocenters. The summed E-state index contributed by atoms with van der Waals surface area (Å²) in [6.45, 7) is 4.53. The summed E-state index contributed by atoms with van der Waals surface area (Å²) in [5.74, 6) is 1.08. The number of likely N-dealkylation sites (tertiary alicyclic amines) is 1. The number of piperidine rings is 1. The van der Waals surface area contributed by atoms with E-state index in [-0.39, 0.29) is 5.91 Å². The molecule has 2 atom stereocenters. The van der Waals surface area contributed by atoms with E-state index in [1.807, 2.05) is 11.9 Å². The first kappa shape index (κ1) is 16.8. The van der Waals surface area contributed by atoms with Crippen molar-refractivity contribution in [2.75, 3.05) is 26.7 Å². The third kappa shape index (κ3) is 4.43. The number of nitrogens with zero attached hydrogens (tertiary/aromatic N) is 2. The van der Waals surface area contributed by atoms with Crippen LogP contribution in [0, 0.1) is 5.92 Å². The van der Waals surface area contributed by atoms with E-state index in [2.05, 4.69) is 11.8 Å². The normalized spacial score (nSPS) is 28.5. The Labute approximate surface area is 130 Å². The Hall–Kier alpha value is -0.610. The molecule has 2 N–H and O–H groups in total. The Kier molecular flexibility index (Phi) is 6.49. The lowest BCUT2D eigenvalue weighted by Gasteiger charge is -2.40. The number of hydrogen-bond donors (Lipinski definition) is 1. The fraction of sp³-hybridized carbons (Fsp3) is 0.941. The largest absolute Gasteiger partial charge is 0.342 e. The number of hydrogen-bond acceptors (Lipinski definition) is 3. The lowest BCUT2D eigenvalue weighted by Crippen LogP contribution is -2.51. The molecule has 122 valence electrons. The first-order valence-electron chi connectivity index (χ1n) is 8.85. The van der Waals surface area contributed by atoms with Gasteiger partial charge in [-0.1, -0.05) is 32.6 Å². The summed E-state index contributed by atoms with van der Waals surface area (Å²) in [6, 6.07) is 0.864. The van der Waals surface area contributed by atoms with E-state index in [1.54, 1.807) is 0 Å². The predicted molar refractivity (Wildman–Crippen MR) is 87.1 cm³/mol. The monoisotopic (exact) mass is 295 g/mol. The highest BCUT2D eigenvalue weighted by molar-refractivity contribution is 5.78. The average Bonchev–Trinajstić information content (AvgIpc) is 2.55. The van der Waals surface area contributed by atoms with Crippen molar-refractivity contribution in [3.8, 4) is 0 Å². The quantitative estimate of drug-likeness (QED) is 0.846. The smallest absolute Gasteiger partial charge is 0.236 e. The fourth-order valence-electron chi connectivity index (χ4n) is 3.96. The molecule has 2 aliphatic rings. The Bertz CT molecular complexity index is 328. The van der Waals surface area contributed by atoms with Gasteiger partial charge in [0.05, 0.1) is 6.54 Å². The second-order valence-electron chi connectivity index (χ2n) is 6.96. The molecular weight excluding hydrogens is 262 g/mol. The maximum Gasteiger partial charge on any atom is 0.236 e. The highest BCUT2D eigenvalue weighted by Gasteiger charge is 2.30. The molecule has 1 aliphatic carbocycles. The molecule has 0 aromatic rings. The van der Waals surface area contributed by atoms with Gasteiger partial charge in [-0.2, -0.15) is 0 Å². The van der Waals surface area contributed by atoms with Gasteiger partial charge in [0.15, 0.2) is 0 Å². The minimum absolute atomic E-state index is 0.287. The topological polar surface area (TPSA) is 49.6 Å². The Balaban J connectivity index is 1.85. The molecule has 1 aliphatic heterocycles. The molecule has 1 saturated heterocycles. The van der Waals surface area contributed by atoms with Gasteiger partial charge in [0.1, 0.15) is 0 Å². The van der Waals surface area contributed by atoms with Crippen molar-refractivity contribution in [2.45, 2.75) is 70.4 Å². The van der Waals surface area contributed by atoms with Crippen LogP contribution in [0.4, 0.5) is 0 Å². The Morgan fingerprint density at radius 2 is 1.95 bits per heavy atom. The van der Waals surface area contributed by atoms with Gasteiger partial charge in [-0.3, -0.25) is 9.69 Å². The van der Waals surface area contributed by atoms with Crippen LogP contribution in [0.2, 0.25) is 0 Å². The standard InChI is InChI=1S/C17H33N3O/c1-3-14-9-10-20(16(11-14)12-18)13-17(21)19(2)15-7-5-4-6-8-15/h14-16H,3-13,18H2,1-2H3. The van der Waals surface area contributed by atoms with E-state index in [4.69, 9.17) is 5.73 Å². The zero-order valence-corrected chi connectivity index (χ0v) is 13.9. The van der Waals surface area contributed by atoms with Crippen molar-refractivity contribution >= 4 is 5.91 Å². The van der Waals surface area contributed by atoms with Crippen LogP contribution in [-0.2, 0) is 4.79 Å². The fourth-order valence-corrected chi connectivity index (χ4v) is 3.96. The number of rotatable bonds is 5. The number of nitrogens with two attached hydrogens (primary N) is 1. The van der Waals surface area contributed by atoms with Crippen LogP contribution in [-0.4, -0.2) is 54.5 Å². The van der Waals surface area contributed by atoms with E-state index in [9.17, 15) is 4.79 Å². The summed E-state index contributed by atoms with van der Waals surface area (Å²) in [6.07, 6.45) is 9.85. The maximum atomic E-state index is 12.6. The third-order valence-electron chi connectivity index (χ3n) is 5.65. The molecule has 0 aromatic carbocycles. The van der Waals surface area contributed by atoms with E-state index in [1.165, 1.54) is 44.9 Å². The highest BCUT2D eigenvalue weighted by atomic mass is 16.2. The Morgan fingerprint density at radius 1 is 1.24 bits per heavy atom. The lowest BCUT2D eigenvalue weighted by atomic mass is 9.89. The van der Waals surface area contributed by atoms with Crippen molar-refractivity contribution in [1.82, 2.24) is 9.80 Å². The van der Waals surface area contributed by atoms with Crippen molar-refractivity contribution in [3.63, 3.8) is 0 Å². The van der Waals surface area contributed by atoms with Gasteiger partial charge in [0.2, 0.25) is 5.91 Å². The van der Waals surface area contributed by atoms with Crippen LogP contribution in [0.5, 0.6) is 0 Å². The van der Waals surface area contributed by atoms with Crippen LogP contribution >= 0.6 is 0 Å². The van der Waals surface area contributed by atoms with E-state index in [0.717, 1.165) is 18.9 Å². The second kappa shape index (κ2) is 8.14. The molecule has 0 radical (unpaired) electrons. The molecule has 1 amide bonds. The summed E-state index contributed by atoms with van der Waals surface area (Å²) >= 11 is 0. The minimum Gasteiger partial charge on any atom is -0.342 e. The number of carbonyl (C=O) groups excluding carboxylic acids is 1. The van der Waals surface area contributed by atoms with E-state index in [0.29, 0.717) is 25.2 Å². The van der Waals surface area contributed by atoms with Crippen molar-refractivity contribution in [2.24, 2.45) is 11.7 Å². The van der Waals surface area contributed by atoms with Gasteiger partial charge in [-0.05, 0) is 38.1 Å². The second-order valence-corrected chi connectivity index (χ2v) is 6.96. The van der Waals surface area contributed by atoms with Gasteiger partial charge >= 0.3 is 0 Å². The van der Waals surface area contributed by atoms with Crippen LogP contribution in [0.25, 0.3) is 0 Å². The molecule has 0 spiro atoms. The third-order valence-corrected chi connectivity index (χ3v) is 5.65. The molecule has 4 heteroatoms. The van der Waals surface area contributed by atoms with Crippen LogP contribution < -0.4 is 5.73 Å². The van der Waals surface area contributed by atoms with Crippen LogP contribution in [0.3, 0.4) is 0 Å². The maximum absolute atomic E-state index is 12.6. The van der Waals surface area contributed by atoms with E-state index >= 15 is 0 Å². The first-order valence-corrected chi connectivity index (χ1v) is 8.85. The lowest BCUT2D eigenvalue weighted by molar-refractivity contribution is -0.134. The summed E-state index contributed by atoms with van der Waals surface area (Å²) in [4.78, 5) is 16.9. The van der Waals surface area contributed by atoms with Crippen LogP contribution in [0.15, 0.2) is 0 Å². The highest BCUT2D eigenvalue weighted by Crippen LogP contribution is 2.26. The average molecular weight is 295 g/mol. The Morgan fingerprint density at radius 3 is 2.57 bits per heavy atom. The molecule has 2 rings (SSSR count). The summed E-state index contributed by atoms with van der Waals surface area (Å²) in [7, 11) is 1.99. The number of likely N-dealkylation sites (N-methyl/N-ethyl adjacent to an activating group) is 1. The van der Waals surface area contributed by atoms with Crippen molar-refractivity contribution in [1.29, 1.82) is 0 Å². The zero-order chi connectivity index (χ0) is 15.2. The van der Waals surface area contributed by atoms with Gasteiger partial charge in [-0.25, -0.2) is 0 Å². The minimum atomic E-state index is 0.287. The molecule has 21 heavy (non-hydrogen) atoms. The predicted octanol–water partition coefficient (Wildman–Crippen LogP) is 2.23. The first-order chi connectivity index (χ1) is 10.2. The van der Waals surface area contributed by atoms with Gasteiger partial charge in [-0.15, -0.1) is 0 Å². The molecule has 2 fully saturated rings. The van der Waals surface area contributed by atoms with E-state index < -0.39 is 0 Å².